The molecule has 192 valence electrons. The molecule has 2 aromatic heterocycles. The number of hydrogen-bond donors (Lipinski definition) is 3. The zero-order chi connectivity index (χ0) is 25.9. The van der Waals surface area contributed by atoms with Crippen LogP contribution in [0, 0.1) is 5.82 Å². The van der Waals surface area contributed by atoms with Crippen molar-refractivity contribution < 1.29 is 17.6 Å². The number of benzene rings is 1. The molecule has 0 spiro atoms. The van der Waals surface area contributed by atoms with Gasteiger partial charge in [0.1, 0.15) is 16.9 Å². The third-order valence-electron chi connectivity index (χ3n) is 6.00. The highest BCUT2D eigenvalue weighted by molar-refractivity contribution is 5.88. The van der Waals surface area contributed by atoms with E-state index >= 15 is 0 Å². The average Bonchev–Trinajstić information content (AvgIpc) is 3.63. The van der Waals surface area contributed by atoms with Crippen LogP contribution in [-0.4, -0.2) is 57.1 Å². The number of pyridine rings is 1. The van der Waals surface area contributed by atoms with E-state index in [4.69, 9.17) is 5.84 Å². The second-order valence-corrected chi connectivity index (χ2v) is 8.73. The summed E-state index contributed by atoms with van der Waals surface area (Å²) in [4.78, 5) is 17.5. The van der Waals surface area contributed by atoms with E-state index in [2.05, 4.69) is 30.6 Å². The minimum absolute atomic E-state index is 0.0201. The van der Waals surface area contributed by atoms with Crippen LogP contribution in [0.15, 0.2) is 41.4 Å². The summed E-state index contributed by atoms with van der Waals surface area (Å²) in [6, 6.07) is 8.86. The van der Waals surface area contributed by atoms with Crippen molar-refractivity contribution in [2.75, 3.05) is 23.7 Å². The zero-order valence-electron chi connectivity index (χ0n) is 20.0. The van der Waals surface area contributed by atoms with E-state index in [1.54, 1.807) is 24.3 Å². The molecule has 0 bridgehead atoms. The SMILES string of the molecule is CCN=CN(N)C[C@H](CC)Nc1nc(NC2(C(F)(F)F)CC2)c2nc(-c3ccc(F)cc3)ccc2n1. The molecule has 8 nitrogen and oxygen atoms in total. The molecule has 0 aliphatic heterocycles. The average molecular weight is 505 g/mol. The molecule has 36 heavy (non-hydrogen) atoms. The number of rotatable bonds is 10. The Morgan fingerprint density at radius 2 is 1.83 bits per heavy atom. The van der Waals surface area contributed by atoms with Gasteiger partial charge in [0.25, 0.3) is 0 Å². The van der Waals surface area contributed by atoms with Crippen molar-refractivity contribution in [2.24, 2.45) is 10.8 Å². The molecule has 1 atom stereocenters. The number of alkyl halides is 3. The highest BCUT2D eigenvalue weighted by Crippen LogP contribution is 2.51. The highest BCUT2D eigenvalue weighted by atomic mass is 19.4. The Bertz CT molecular complexity index is 1230. The Morgan fingerprint density at radius 1 is 1.11 bits per heavy atom. The van der Waals surface area contributed by atoms with Crippen molar-refractivity contribution in [3.05, 3.63) is 42.2 Å². The Kier molecular flexibility index (Phi) is 7.25. The third-order valence-corrected chi connectivity index (χ3v) is 6.00. The molecule has 1 aliphatic rings. The number of anilines is 2. The van der Waals surface area contributed by atoms with Crippen molar-refractivity contribution in [1.82, 2.24) is 20.0 Å². The van der Waals surface area contributed by atoms with E-state index in [1.807, 2.05) is 13.8 Å². The number of nitrogens with two attached hydrogens (primary N) is 1. The molecule has 2 heterocycles. The summed E-state index contributed by atoms with van der Waals surface area (Å²) in [5, 5.41) is 7.21. The van der Waals surface area contributed by atoms with Gasteiger partial charge in [-0.1, -0.05) is 6.92 Å². The number of aromatic nitrogens is 3. The first-order chi connectivity index (χ1) is 17.1. The minimum Gasteiger partial charge on any atom is -0.354 e. The van der Waals surface area contributed by atoms with Crippen LogP contribution in [0.4, 0.5) is 29.3 Å². The second kappa shape index (κ2) is 10.2. The monoisotopic (exact) mass is 504 g/mol. The fourth-order valence-corrected chi connectivity index (χ4v) is 3.73. The van der Waals surface area contributed by atoms with Gasteiger partial charge in [-0.2, -0.15) is 18.2 Å². The van der Waals surface area contributed by atoms with E-state index in [-0.39, 0.29) is 36.2 Å². The molecule has 12 heteroatoms. The predicted molar refractivity (Wildman–Crippen MR) is 132 cm³/mol. The smallest absolute Gasteiger partial charge is 0.354 e. The molecule has 0 radical (unpaired) electrons. The number of nitrogens with one attached hydrogen (secondary N) is 2. The number of hydrogen-bond acceptors (Lipinski definition) is 7. The fourth-order valence-electron chi connectivity index (χ4n) is 3.73. The maximum Gasteiger partial charge on any atom is 0.411 e. The van der Waals surface area contributed by atoms with Crippen LogP contribution in [0.25, 0.3) is 22.3 Å². The van der Waals surface area contributed by atoms with E-state index in [9.17, 15) is 17.6 Å². The number of fused-ring (bicyclic) bond motifs is 1. The highest BCUT2D eigenvalue weighted by Gasteiger charge is 2.64. The second-order valence-electron chi connectivity index (χ2n) is 8.73. The molecular weight excluding hydrogens is 476 g/mol. The summed E-state index contributed by atoms with van der Waals surface area (Å²) in [7, 11) is 0. The maximum atomic E-state index is 13.8. The summed E-state index contributed by atoms with van der Waals surface area (Å²) >= 11 is 0. The quantitative estimate of drug-likeness (QED) is 0.120. The lowest BCUT2D eigenvalue weighted by molar-refractivity contribution is -0.151. The van der Waals surface area contributed by atoms with Crippen LogP contribution >= 0.6 is 0 Å². The van der Waals surface area contributed by atoms with Crippen molar-refractivity contribution in [2.45, 2.75) is 50.9 Å². The first kappa shape index (κ1) is 25.5. The third kappa shape index (κ3) is 5.64. The number of aliphatic imine (C=N–C) groups is 1. The molecule has 0 saturated heterocycles. The van der Waals surface area contributed by atoms with Gasteiger partial charge >= 0.3 is 6.18 Å². The predicted octanol–water partition coefficient (Wildman–Crippen LogP) is 4.75. The topological polar surface area (TPSA) is 104 Å². The summed E-state index contributed by atoms with van der Waals surface area (Å²) in [5.41, 5.74) is -0.404. The summed E-state index contributed by atoms with van der Waals surface area (Å²) < 4.78 is 54.7. The number of halogens is 4. The molecule has 1 aliphatic carbocycles. The summed E-state index contributed by atoms with van der Waals surface area (Å²) in [6.07, 6.45) is -2.37. The lowest BCUT2D eigenvalue weighted by Crippen LogP contribution is -2.40. The Hall–Kier alpha value is -3.54. The molecule has 1 aromatic carbocycles. The van der Waals surface area contributed by atoms with Crippen LogP contribution in [0.5, 0.6) is 0 Å². The normalized spacial score (nSPS) is 15.8. The van der Waals surface area contributed by atoms with Gasteiger partial charge in [-0.15, -0.1) is 0 Å². The number of nitrogens with zero attached hydrogens (tertiary/aromatic N) is 5. The molecule has 0 amide bonds. The van der Waals surface area contributed by atoms with Crippen molar-refractivity contribution >= 4 is 29.1 Å². The maximum absolute atomic E-state index is 13.8. The summed E-state index contributed by atoms with van der Waals surface area (Å²) in [5.74, 6) is 5.70. The van der Waals surface area contributed by atoms with Crippen LogP contribution in [0.3, 0.4) is 0 Å². The Balaban J connectivity index is 1.71. The van der Waals surface area contributed by atoms with Crippen LogP contribution in [0.1, 0.15) is 33.1 Å². The fraction of sp³-hybridized carbons (Fsp3) is 0.417. The van der Waals surface area contributed by atoms with Gasteiger partial charge in [0.2, 0.25) is 5.95 Å². The van der Waals surface area contributed by atoms with E-state index in [0.717, 1.165) is 0 Å². The van der Waals surface area contributed by atoms with Gasteiger partial charge < -0.3 is 10.6 Å². The van der Waals surface area contributed by atoms with Gasteiger partial charge in [0.15, 0.2) is 5.82 Å². The van der Waals surface area contributed by atoms with Crippen LogP contribution in [0.2, 0.25) is 0 Å². The Labute approximate surface area is 206 Å². The first-order valence-electron chi connectivity index (χ1n) is 11.7. The largest absolute Gasteiger partial charge is 0.411 e. The molecule has 4 N–H and O–H groups in total. The molecular formula is C24H28F4N8. The van der Waals surface area contributed by atoms with Gasteiger partial charge in [-0.05, 0) is 62.6 Å². The van der Waals surface area contributed by atoms with Crippen molar-refractivity contribution in [3.63, 3.8) is 0 Å². The van der Waals surface area contributed by atoms with Crippen LogP contribution in [-0.2, 0) is 0 Å². The zero-order valence-corrected chi connectivity index (χ0v) is 20.0. The Morgan fingerprint density at radius 3 is 2.44 bits per heavy atom. The van der Waals surface area contributed by atoms with Crippen LogP contribution < -0.4 is 16.5 Å². The molecule has 3 aromatic rings. The van der Waals surface area contributed by atoms with Gasteiger partial charge in [0, 0.05) is 18.2 Å². The lowest BCUT2D eigenvalue weighted by atomic mass is 10.1. The lowest BCUT2D eigenvalue weighted by Gasteiger charge is -2.24. The molecule has 0 unspecified atom stereocenters. The van der Waals surface area contributed by atoms with E-state index in [1.165, 1.54) is 23.5 Å². The minimum atomic E-state index is -4.45. The van der Waals surface area contributed by atoms with Gasteiger partial charge in [-0.3, -0.25) is 10.0 Å². The summed E-state index contributed by atoms with van der Waals surface area (Å²) in [6.45, 7) is 4.81. The van der Waals surface area contributed by atoms with E-state index in [0.29, 0.717) is 36.3 Å². The molecule has 1 saturated carbocycles. The first-order valence-corrected chi connectivity index (χ1v) is 11.7. The molecule has 4 rings (SSSR count). The standard InChI is InChI=1S/C24H28F4N8/c1-3-17(13-36(29)14-30-4-2)31-22-33-19-10-9-18(15-5-7-16(25)8-6-15)32-20(19)21(34-22)35-23(11-12-23)24(26,27)28/h5-10,14,17H,3-4,11-13,29H2,1-2H3,(H2,31,33,34,35)/t17-/m0/s1. The van der Waals surface area contributed by atoms with Crippen molar-refractivity contribution in [3.8, 4) is 11.3 Å². The van der Waals surface area contributed by atoms with Gasteiger partial charge in [-0.25, -0.2) is 20.2 Å². The van der Waals surface area contributed by atoms with E-state index < -0.39 is 17.5 Å². The van der Waals surface area contributed by atoms with Gasteiger partial charge in [0.05, 0.1) is 24.1 Å². The number of hydrazine groups is 1. The van der Waals surface area contributed by atoms with Crippen molar-refractivity contribution in [1.29, 1.82) is 0 Å². The molecule has 1 fully saturated rings.